The van der Waals surface area contributed by atoms with Gasteiger partial charge in [0.15, 0.2) is 6.61 Å². The highest BCUT2D eigenvalue weighted by atomic mass is 35.5. The largest absolute Gasteiger partial charge is 0.454 e. The molecule has 0 saturated carbocycles. The van der Waals surface area contributed by atoms with Crippen LogP contribution in [0.4, 0.5) is 0 Å². The molecule has 7 heteroatoms. The molecule has 0 heterocycles. The summed E-state index contributed by atoms with van der Waals surface area (Å²) >= 11 is 5.98. The van der Waals surface area contributed by atoms with Crippen LogP contribution in [0.25, 0.3) is 0 Å². The molecule has 2 aromatic rings. The van der Waals surface area contributed by atoms with E-state index in [9.17, 15) is 14.4 Å². The zero-order valence-corrected chi connectivity index (χ0v) is 16.9. The zero-order chi connectivity index (χ0) is 20.8. The Labute approximate surface area is 174 Å². The third-order valence-electron chi connectivity index (χ3n) is 4.87. The first kappa shape index (κ1) is 20.9. The second-order valence-electron chi connectivity index (χ2n) is 6.99. The molecule has 0 aromatic heterocycles. The van der Waals surface area contributed by atoms with Gasteiger partial charge in [0.05, 0.1) is 16.6 Å². The Bertz CT molecular complexity index is 915. The van der Waals surface area contributed by atoms with E-state index in [1.807, 2.05) is 18.2 Å². The van der Waals surface area contributed by atoms with Crippen LogP contribution in [-0.2, 0) is 20.7 Å². The minimum Gasteiger partial charge on any atom is -0.454 e. The van der Waals surface area contributed by atoms with E-state index >= 15 is 0 Å². The number of aryl methyl sites for hydroxylation is 1. The lowest BCUT2D eigenvalue weighted by atomic mass is 9.88. The molecule has 0 bridgehead atoms. The van der Waals surface area contributed by atoms with E-state index in [1.165, 1.54) is 12.5 Å². The Balaban J connectivity index is 1.48. The molecule has 0 unspecified atom stereocenters. The summed E-state index contributed by atoms with van der Waals surface area (Å²) in [5.74, 6) is -1.54. The number of fused-ring (bicyclic) bond motifs is 1. The molecule has 152 valence electrons. The highest BCUT2D eigenvalue weighted by Crippen LogP contribution is 2.29. The Morgan fingerprint density at radius 3 is 2.66 bits per heavy atom. The van der Waals surface area contributed by atoms with Crippen molar-refractivity contribution >= 4 is 29.4 Å². The summed E-state index contributed by atoms with van der Waals surface area (Å²) < 4.78 is 5.06. The second kappa shape index (κ2) is 9.56. The molecule has 0 aliphatic heterocycles. The standard InChI is InChI=1S/C22H23ClN2O4/c1-14(24-21(27)17-10-4-5-11-18(17)23)22(28)29-13-20(26)25-19-12-6-8-15-7-2-3-9-16(15)19/h2-5,7,9-11,14,19H,6,8,12-13H2,1H3,(H,24,27)(H,25,26)/t14-,19+/m0/s1. The predicted molar refractivity (Wildman–Crippen MR) is 110 cm³/mol. The molecule has 1 aliphatic rings. The lowest BCUT2D eigenvalue weighted by molar-refractivity contribution is -0.150. The van der Waals surface area contributed by atoms with Crippen LogP contribution in [0.1, 0.15) is 47.3 Å². The average molecular weight is 415 g/mol. The van der Waals surface area contributed by atoms with Crippen LogP contribution < -0.4 is 10.6 Å². The molecule has 2 atom stereocenters. The van der Waals surface area contributed by atoms with E-state index in [2.05, 4.69) is 16.7 Å². The molecular formula is C22H23ClN2O4. The first-order chi connectivity index (χ1) is 14.0. The summed E-state index contributed by atoms with van der Waals surface area (Å²) in [6.07, 6.45) is 2.84. The van der Waals surface area contributed by atoms with Gasteiger partial charge in [0.1, 0.15) is 6.04 Å². The highest BCUT2D eigenvalue weighted by Gasteiger charge is 2.23. The summed E-state index contributed by atoms with van der Waals surface area (Å²) in [7, 11) is 0. The van der Waals surface area contributed by atoms with E-state index in [4.69, 9.17) is 16.3 Å². The van der Waals surface area contributed by atoms with Crippen LogP contribution >= 0.6 is 11.6 Å². The van der Waals surface area contributed by atoms with Gasteiger partial charge in [-0.3, -0.25) is 9.59 Å². The maximum Gasteiger partial charge on any atom is 0.328 e. The third kappa shape index (κ3) is 5.35. The smallest absolute Gasteiger partial charge is 0.328 e. The van der Waals surface area contributed by atoms with Crippen molar-refractivity contribution in [3.05, 3.63) is 70.2 Å². The van der Waals surface area contributed by atoms with Crippen LogP contribution in [0.3, 0.4) is 0 Å². The molecule has 0 spiro atoms. The molecule has 3 rings (SSSR count). The van der Waals surface area contributed by atoms with Crippen molar-refractivity contribution < 1.29 is 19.1 Å². The van der Waals surface area contributed by atoms with Gasteiger partial charge in [-0.2, -0.15) is 0 Å². The summed E-state index contributed by atoms with van der Waals surface area (Å²) in [6.45, 7) is 1.09. The number of esters is 1. The van der Waals surface area contributed by atoms with Gasteiger partial charge in [-0.1, -0.05) is 48.0 Å². The molecule has 1 aliphatic carbocycles. The van der Waals surface area contributed by atoms with E-state index in [-0.39, 0.29) is 22.5 Å². The van der Waals surface area contributed by atoms with Gasteiger partial charge in [-0.25, -0.2) is 4.79 Å². The van der Waals surface area contributed by atoms with Crippen LogP contribution in [0.15, 0.2) is 48.5 Å². The molecule has 0 radical (unpaired) electrons. The molecular weight excluding hydrogens is 392 g/mol. The summed E-state index contributed by atoms with van der Waals surface area (Å²) in [4.78, 5) is 36.6. The van der Waals surface area contributed by atoms with Crippen LogP contribution in [0.2, 0.25) is 5.02 Å². The van der Waals surface area contributed by atoms with Gasteiger partial charge in [0, 0.05) is 0 Å². The average Bonchev–Trinajstić information content (AvgIpc) is 2.72. The number of nitrogens with one attached hydrogen (secondary N) is 2. The monoisotopic (exact) mass is 414 g/mol. The number of carbonyl (C=O) groups is 3. The summed E-state index contributed by atoms with van der Waals surface area (Å²) in [5.41, 5.74) is 2.61. The Hall–Kier alpha value is -2.86. The lowest BCUT2D eigenvalue weighted by Gasteiger charge is -2.26. The van der Waals surface area contributed by atoms with Gasteiger partial charge in [-0.05, 0) is 49.4 Å². The number of amides is 2. The van der Waals surface area contributed by atoms with Gasteiger partial charge in [-0.15, -0.1) is 0 Å². The SMILES string of the molecule is C[C@H](NC(=O)c1ccccc1Cl)C(=O)OCC(=O)N[C@@H]1CCCc2ccccc21. The quantitative estimate of drug-likeness (QED) is 0.711. The number of halogens is 1. The van der Waals surface area contributed by atoms with Gasteiger partial charge < -0.3 is 15.4 Å². The van der Waals surface area contributed by atoms with E-state index in [1.54, 1.807) is 24.3 Å². The van der Waals surface area contributed by atoms with Gasteiger partial charge in [0.2, 0.25) is 0 Å². The maximum atomic E-state index is 12.2. The van der Waals surface area contributed by atoms with Gasteiger partial charge >= 0.3 is 5.97 Å². The van der Waals surface area contributed by atoms with E-state index < -0.39 is 24.5 Å². The predicted octanol–water partition coefficient (Wildman–Crippen LogP) is 3.20. The number of hydrogen-bond acceptors (Lipinski definition) is 4. The summed E-state index contributed by atoms with van der Waals surface area (Å²) in [5, 5.41) is 5.74. The van der Waals surface area contributed by atoms with Crippen molar-refractivity contribution in [1.29, 1.82) is 0 Å². The number of carbonyl (C=O) groups excluding carboxylic acids is 3. The Morgan fingerprint density at radius 2 is 1.86 bits per heavy atom. The topological polar surface area (TPSA) is 84.5 Å². The second-order valence-corrected chi connectivity index (χ2v) is 7.40. The number of rotatable bonds is 6. The minimum absolute atomic E-state index is 0.0801. The van der Waals surface area contributed by atoms with Crippen molar-refractivity contribution in [1.82, 2.24) is 10.6 Å². The number of benzene rings is 2. The van der Waals surface area contributed by atoms with Crippen molar-refractivity contribution in [2.75, 3.05) is 6.61 Å². The first-order valence-corrected chi connectivity index (χ1v) is 9.92. The lowest BCUT2D eigenvalue weighted by Crippen LogP contribution is -2.41. The molecule has 2 amide bonds. The maximum absolute atomic E-state index is 12.2. The van der Waals surface area contributed by atoms with Crippen molar-refractivity contribution in [2.24, 2.45) is 0 Å². The minimum atomic E-state index is -0.915. The number of hydrogen-bond donors (Lipinski definition) is 2. The normalized spacial score (nSPS) is 16.3. The number of ether oxygens (including phenoxy) is 1. The third-order valence-corrected chi connectivity index (χ3v) is 5.20. The molecule has 2 N–H and O–H groups in total. The molecule has 0 saturated heterocycles. The van der Waals surface area contributed by atoms with Crippen LogP contribution in [0, 0.1) is 0 Å². The molecule has 2 aromatic carbocycles. The van der Waals surface area contributed by atoms with E-state index in [0.717, 1.165) is 24.8 Å². The van der Waals surface area contributed by atoms with Gasteiger partial charge in [0.25, 0.3) is 11.8 Å². The van der Waals surface area contributed by atoms with Crippen molar-refractivity contribution in [3.63, 3.8) is 0 Å². The van der Waals surface area contributed by atoms with Crippen molar-refractivity contribution in [3.8, 4) is 0 Å². The van der Waals surface area contributed by atoms with Crippen molar-refractivity contribution in [2.45, 2.75) is 38.3 Å². The Kier molecular flexibility index (Phi) is 6.88. The molecule has 6 nitrogen and oxygen atoms in total. The zero-order valence-electron chi connectivity index (χ0n) is 16.1. The summed E-state index contributed by atoms with van der Waals surface area (Å²) in [6, 6.07) is 13.6. The van der Waals surface area contributed by atoms with E-state index in [0.29, 0.717) is 0 Å². The fourth-order valence-electron chi connectivity index (χ4n) is 3.38. The highest BCUT2D eigenvalue weighted by molar-refractivity contribution is 6.33. The molecule has 0 fully saturated rings. The fourth-order valence-corrected chi connectivity index (χ4v) is 3.60. The Morgan fingerprint density at radius 1 is 1.14 bits per heavy atom. The first-order valence-electron chi connectivity index (χ1n) is 9.55. The van der Waals surface area contributed by atoms with Crippen LogP contribution in [-0.4, -0.2) is 30.4 Å². The van der Waals surface area contributed by atoms with Crippen LogP contribution in [0.5, 0.6) is 0 Å². The molecule has 29 heavy (non-hydrogen) atoms. The fraction of sp³-hybridized carbons (Fsp3) is 0.318.